The van der Waals surface area contributed by atoms with Crippen molar-refractivity contribution in [1.82, 2.24) is 19.5 Å². The minimum atomic E-state index is 0.603. The number of hydrogen-bond donors (Lipinski definition) is 0. The van der Waals surface area contributed by atoms with Gasteiger partial charge in [-0.2, -0.15) is 5.10 Å². The highest BCUT2D eigenvalue weighted by Gasteiger charge is 2.22. The first-order valence-corrected chi connectivity index (χ1v) is 6.73. The van der Waals surface area contributed by atoms with Crippen molar-refractivity contribution in [3.63, 3.8) is 0 Å². The van der Waals surface area contributed by atoms with Crippen LogP contribution in [0.4, 0.5) is 0 Å². The van der Waals surface area contributed by atoms with Crippen molar-refractivity contribution in [3.05, 3.63) is 28.6 Å². The zero-order chi connectivity index (χ0) is 11.8. The van der Waals surface area contributed by atoms with E-state index in [0.717, 1.165) is 22.4 Å². The molecule has 1 fully saturated rings. The number of fused-ring (bicyclic) bond motifs is 1. The van der Waals surface area contributed by atoms with Gasteiger partial charge in [-0.25, -0.2) is 9.50 Å². The molecule has 0 amide bonds. The van der Waals surface area contributed by atoms with Crippen molar-refractivity contribution in [2.45, 2.75) is 25.3 Å². The molecule has 1 atom stereocenters. The Morgan fingerprint density at radius 2 is 2.41 bits per heavy atom. The third kappa shape index (κ3) is 2.09. The number of aromatic nitrogens is 3. The summed E-state index contributed by atoms with van der Waals surface area (Å²) >= 11 is 3.50. The van der Waals surface area contributed by atoms with Gasteiger partial charge in [-0.05, 0) is 54.5 Å². The van der Waals surface area contributed by atoms with E-state index in [1.807, 2.05) is 22.8 Å². The summed E-state index contributed by atoms with van der Waals surface area (Å²) in [6.45, 7) is 1.20. The summed E-state index contributed by atoms with van der Waals surface area (Å²) < 4.78 is 2.84. The molecule has 1 aliphatic rings. The van der Waals surface area contributed by atoms with Gasteiger partial charge in [0, 0.05) is 18.7 Å². The summed E-state index contributed by atoms with van der Waals surface area (Å²) in [6.07, 6.45) is 5.44. The summed E-state index contributed by atoms with van der Waals surface area (Å²) in [5.41, 5.74) is 0.906. The lowest BCUT2D eigenvalue weighted by atomic mass is 10.1. The zero-order valence-electron chi connectivity index (χ0n) is 9.80. The van der Waals surface area contributed by atoms with E-state index in [0.29, 0.717) is 6.04 Å². The molecule has 0 saturated carbocycles. The number of likely N-dealkylation sites (tertiary alicyclic amines) is 1. The van der Waals surface area contributed by atoms with Crippen LogP contribution < -0.4 is 0 Å². The van der Waals surface area contributed by atoms with E-state index in [2.05, 4.69) is 38.0 Å². The summed E-state index contributed by atoms with van der Waals surface area (Å²) in [5.74, 6) is 0.940. The smallest absolute Gasteiger partial charge is 0.169 e. The van der Waals surface area contributed by atoms with Gasteiger partial charge < -0.3 is 4.90 Å². The Kier molecular flexibility index (Phi) is 2.88. The molecule has 5 heteroatoms. The van der Waals surface area contributed by atoms with E-state index < -0.39 is 0 Å². The molecule has 1 unspecified atom stereocenters. The van der Waals surface area contributed by atoms with Crippen LogP contribution in [-0.2, 0) is 6.42 Å². The highest BCUT2D eigenvalue weighted by molar-refractivity contribution is 9.10. The topological polar surface area (TPSA) is 33.4 Å². The molecule has 90 valence electrons. The van der Waals surface area contributed by atoms with Gasteiger partial charge in [-0.3, -0.25) is 0 Å². The molecule has 2 aromatic heterocycles. The van der Waals surface area contributed by atoms with Crippen molar-refractivity contribution in [2.75, 3.05) is 13.6 Å². The molecule has 3 rings (SSSR count). The van der Waals surface area contributed by atoms with Crippen molar-refractivity contribution in [2.24, 2.45) is 0 Å². The largest absolute Gasteiger partial charge is 0.303 e. The number of pyridine rings is 1. The second-order valence-electron chi connectivity index (χ2n) is 4.63. The Hall–Kier alpha value is -0.940. The predicted molar refractivity (Wildman–Crippen MR) is 70.0 cm³/mol. The highest BCUT2D eigenvalue weighted by Crippen LogP contribution is 2.20. The van der Waals surface area contributed by atoms with Crippen molar-refractivity contribution in [3.8, 4) is 0 Å². The minimum Gasteiger partial charge on any atom is -0.303 e. The van der Waals surface area contributed by atoms with Crippen molar-refractivity contribution in [1.29, 1.82) is 0 Å². The van der Waals surface area contributed by atoms with Crippen LogP contribution in [0, 0.1) is 0 Å². The highest BCUT2D eigenvalue weighted by atomic mass is 79.9. The van der Waals surface area contributed by atoms with Crippen LogP contribution in [0.5, 0.6) is 0 Å². The monoisotopic (exact) mass is 294 g/mol. The first kappa shape index (κ1) is 11.2. The Morgan fingerprint density at radius 3 is 3.12 bits per heavy atom. The van der Waals surface area contributed by atoms with Gasteiger partial charge in [0.1, 0.15) is 0 Å². The first-order valence-electron chi connectivity index (χ1n) is 5.94. The second-order valence-corrected chi connectivity index (χ2v) is 5.49. The summed E-state index contributed by atoms with van der Waals surface area (Å²) in [5, 5.41) is 4.52. The maximum Gasteiger partial charge on any atom is 0.169 e. The molecule has 17 heavy (non-hydrogen) atoms. The number of hydrogen-bond acceptors (Lipinski definition) is 3. The normalized spacial score (nSPS) is 21.4. The van der Waals surface area contributed by atoms with Crippen molar-refractivity contribution < 1.29 is 0 Å². The van der Waals surface area contributed by atoms with Gasteiger partial charge in [-0.15, -0.1) is 0 Å². The van der Waals surface area contributed by atoms with Gasteiger partial charge in [0.2, 0.25) is 0 Å². The molecule has 0 aliphatic carbocycles. The number of likely N-dealkylation sites (N-methyl/N-ethyl adjacent to an activating group) is 1. The quantitative estimate of drug-likeness (QED) is 0.851. The molecule has 4 nitrogen and oxygen atoms in total. The molecular weight excluding hydrogens is 280 g/mol. The fourth-order valence-corrected chi connectivity index (χ4v) is 2.88. The number of nitrogens with zero attached hydrogens (tertiary/aromatic N) is 4. The van der Waals surface area contributed by atoms with E-state index >= 15 is 0 Å². The average Bonchev–Trinajstić information content (AvgIpc) is 2.87. The van der Waals surface area contributed by atoms with Gasteiger partial charge in [0.15, 0.2) is 11.5 Å². The summed E-state index contributed by atoms with van der Waals surface area (Å²) in [7, 11) is 2.18. The molecule has 3 heterocycles. The summed E-state index contributed by atoms with van der Waals surface area (Å²) in [6, 6.07) is 4.57. The number of rotatable bonds is 2. The molecule has 0 N–H and O–H groups in total. The predicted octanol–water partition coefficient (Wildman–Crippen LogP) is 2.13. The van der Waals surface area contributed by atoms with Gasteiger partial charge in [0.05, 0.1) is 4.47 Å². The molecule has 0 radical (unpaired) electrons. The molecule has 0 bridgehead atoms. The fraction of sp³-hybridized carbons (Fsp3) is 0.500. The van der Waals surface area contributed by atoms with E-state index in [1.54, 1.807) is 0 Å². The van der Waals surface area contributed by atoms with Crippen LogP contribution in [0.1, 0.15) is 18.7 Å². The lowest BCUT2D eigenvalue weighted by Gasteiger charge is -2.17. The van der Waals surface area contributed by atoms with Gasteiger partial charge >= 0.3 is 0 Å². The van der Waals surface area contributed by atoms with Gasteiger partial charge in [-0.1, -0.05) is 0 Å². The maximum absolute atomic E-state index is 4.59. The third-order valence-electron chi connectivity index (χ3n) is 3.45. The van der Waals surface area contributed by atoms with Crippen LogP contribution in [-0.4, -0.2) is 39.1 Å². The van der Waals surface area contributed by atoms with Crippen LogP contribution in [0.2, 0.25) is 0 Å². The second kappa shape index (κ2) is 4.38. The van der Waals surface area contributed by atoms with Crippen LogP contribution in [0.15, 0.2) is 22.8 Å². The minimum absolute atomic E-state index is 0.603. The SMILES string of the molecule is CN1CCCC1Cc1nc2c(Br)cccn2n1. The first-order chi connectivity index (χ1) is 8.24. The van der Waals surface area contributed by atoms with Crippen molar-refractivity contribution >= 4 is 21.6 Å². The van der Waals surface area contributed by atoms with Crippen LogP contribution in [0.25, 0.3) is 5.65 Å². The molecular formula is C12H15BrN4. The standard InChI is InChI=1S/C12H15BrN4/c1-16-6-2-4-9(16)8-11-14-12-10(13)5-3-7-17(12)15-11/h3,5,7,9H,2,4,6,8H2,1H3. The van der Waals surface area contributed by atoms with E-state index in [4.69, 9.17) is 0 Å². The summed E-state index contributed by atoms with van der Waals surface area (Å²) in [4.78, 5) is 6.99. The zero-order valence-corrected chi connectivity index (χ0v) is 11.4. The van der Waals surface area contributed by atoms with Crippen LogP contribution in [0.3, 0.4) is 0 Å². The lowest BCUT2D eigenvalue weighted by molar-refractivity contribution is 0.306. The molecule has 0 aromatic carbocycles. The number of halogens is 1. The van der Waals surface area contributed by atoms with Gasteiger partial charge in [0.25, 0.3) is 0 Å². The van der Waals surface area contributed by atoms with E-state index in [9.17, 15) is 0 Å². The van der Waals surface area contributed by atoms with E-state index in [1.165, 1.54) is 19.4 Å². The Bertz CT molecular complexity index is 536. The van der Waals surface area contributed by atoms with Crippen LogP contribution >= 0.6 is 15.9 Å². The third-order valence-corrected chi connectivity index (χ3v) is 4.07. The molecule has 1 aliphatic heterocycles. The molecule has 0 spiro atoms. The van der Waals surface area contributed by atoms with E-state index in [-0.39, 0.29) is 0 Å². The molecule has 2 aromatic rings. The Balaban J connectivity index is 1.88. The molecule has 1 saturated heterocycles. The Labute approximate surface area is 109 Å². The Morgan fingerprint density at radius 1 is 1.53 bits per heavy atom. The lowest BCUT2D eigenvalue weighted by Crippen LogP contribution is -2.27. The maximum atomic E-state index is 4.59. The average molecular weight is 295 g/mol. The fourth-order valence-electron chi connectivity index (χ4n) is 2.45.